The van der Waals surface area contributed by atoms with Gasteiger partial charge in [-0.05, 0) is 55.3 Å². The molecule has 1 aromatic heterocycles. The van der Waals surface area contributed by atoms with Crippen molar-refractivity contribution in [2.24, 2.45) is 11.8 Å². The molecule has 1 fully saturated rings. The van der Waals surface area contributed by atoms with Crippen LogP contribution < -0.4 is 0 Å². The fraction of sp³-hybridized carbons (Fsp3) is 0.778. The van der Waals surface area contributed by atoms with Crippen molar-refractivity contribution in [1.29, 1.82) is 0 Å². The van der Waals surface area contributed by atoms with Gasteiger partial charge in [-0.1, -0.05) is 70.4 Å². The summed E-state index contributed by atoms with van der Waals surface area (Å²) in [7, 11) is 0.620. The van der Waals surface area contributed by atoms with Crippen molar-refractivity contribution in [3.63, 3.8) is 0 Å². The molecule has 35 heavy (non-hydrogen) atoms. The van der Waals surface area contributed by atoms with Crippen LogP contribution in [0.1, 0.15) is 103 Å². The third-order valence-corrected chi connectivity index (χ3v) is 9.22. The summed E-state index contributed by atoms with van der Waals surface area (Å²) in [5.74, 6) is 0.00625. The number of hydrogen-bond donors (Lipinski definition) is 1. The van der Waals surface area contributed by atoms with Gasteiger partial charge in [0.2, 0.25) is 0 Å². The first-order valence-corrected chi connectivity index (χ1v) is 15.0. The highest BCUT2D eigenvalue weighted by Crippen LogP contribution is 2.43. The fourth-order valence-electron chi connectivity index (χ4n) is 5.13. The van der Waals surface area contributed by atoms with Crippen LogP contribution in [0.15, 0.2) is 18.3 Å². The molecule has 2 rings (SSSR count). The van der Waals surface area contributed by atoms with Crippen molar-refractivity contribution in [1.82, 2.24) is 9.55 Å². The van der Waals surface area contributed by atoms with E-state index in [1.54, 1.807) is 11.5 Å². The van der Waals surface area contributed by atoms with Crippen LogP contribution in [0.25, 0.3) is 0 Å². The monoisotopic (exact) mass is 507 g/mol. The molecule has 2 heterocycles. The van der Waals surface area contributed by atoms with Gasteiger partial charge in [0.25, 0.3) is 0 Å². The highest BCUT2D eigenvalue weighted by atomic mass is 31.1. The number of nitro groups is 1. The van der Waals surface area contributed by atoms with Gasteiger partial charge in [-0.2, -0.15) is 0 Å². The molecular weight excluding hydrogens is 461 g/mol. The molecule has 7 nitrogen and oxygen atoms in total. The molecule has 1 aromatic rings. The third kappa shape index (κ3) is 10.8. The molecule has 0 bridgehead atoms. The van der Waals surface area contributed by atoms with Crippen LogP contribution in [0.2, 0.25) is 0 Å². The normalized spacial score (nSPS) is 19.6. The fourth-order valence-corrected chi connectivity index (χ4v) is 7.16. The van der Waals surface area contributed by atoms with Crippen LogP contribution in [0.3, 0.4) is 0 Å². The number of carboxylic acid groups (broad SMARTS) is 1. The predicted octanol–water partition coefficient (Wildman–Crippen LogP) is 7.51. The minimum absolute atomic E-state index is 0.0290. The molecule has 8 heteroatoms. The summed E-state index contributed by atoms with van der Waals surface area (Å²) in [5.41, 5.74) is 0.199. The van der Waals surface area contributed by atoms with E-state index in [0.717, 1.165) is 44.7 Å². The SMILES string of the molecule is CCCCCCCC/C=C\CCCCCCC(C(=O)O)C1CC(Cn2c([N+](=O)[O-])cnc2C)CP1. The average molecular weight is 508 g/mol. The van der Waals surface area contributed by atoms with Crippen molar-refractivity contribution < 1.29 is 14.8 Å². The first-order chi connectivity index (χ1) is 16.9. The molecule has 1 N–H and O–H groups in total. The van der Waals surface area contributed by atoms with Gasteiger partial charge in [0.15, 0.2) is 5.82 Å². The molecule has 0 saturated carbocycles. The minimum Gasteiger partial charge on any atom is -0.481 e. The summed E-state index contributed by atoms with van der Waals surface area (Å²) < 4.78 is 1.68. The lowest BCUT2D eigenvalue weighted by Gasteiger charge is -2.19. The molecule has 1 aliphatic heterocycles. The number of unbranched alkanes of at least 4 members (excludes halogenated alkanes) is 10. The van der Waals surface area contributed by atoms with Crippen LogP contribution in [-0.2, 0) is 11.3 Å². The first-order valence-electron chi connectivity index (χ1n) is 13.7. The number of imidazole rings is 1. The number of aliphatic carboxylic acids is 1. The van der Waals surface area contributed by atoms with E-state index in [2.05, 4.69) is 24.1 Å². The molecule has 1 saturated heterocycles. The number of hydrogen-bond acceptors (Lipinski definition) is 4. The van der Waals surface area contributed by atoms with Crippen LogP contribution in [0.5, 0.6) is 0 Å². The molecule has 4 unspecified atom stereocenters. The van der Waals surface area contributed by atoms with E-state index in [-0.39, 0.29) is 28.2 Å². The molecule has 4 atom stereocenters. The molecule has 198 valence electrons. The lowest BCUT2D eigenvalue weighted by Crippen LogP contribution is -2.24. The Hall–Kier alpha value is -1.75. The number of aryl methyl sites for hydroxylation is 1. The quantitative estimate of drug-likeness (QED) is 0.0686. The van der Waals surface area contributed by atoms with Crippen molar-refractivity contribution >= 4 is 20.4 Å². The van der Waals surface area contributed by atoms with Gasteiger partial charge in [-0.15, -0.1) is 8.58 Å². The van der Waals surface area contributed by atoms with E-state index in [1.807, 2.05) is 0 Å². The van der Waals surface area contributed by atoms with Gasteiger partial charge in [-0.3, -0.25) is 4.79 Å². The predicted molar refractivity (Wildman–Crippen MR) is 145 cm³/mol. The maximum absolute atomic E-state index is 12.0. The smallest absolute Gasteiger partial charge is 0.342 e. The van der Waals surface area contributed by atoms with Gasteiger partial charge in [0, 0.05) is 12.8 Å². The maximum atomic E-state index is 12.0. The average Bonchev–Trinajstić information content (AvgIpc) is 3.43. The Morgan fingerprint density at radius 2 is 1.80 bits per heavy atom. The summed E-state index contributed by atoms with van der Waals surface area (Å²) in [4.78, 5) is 26.9. The molecule has 0 aliphatic carbocycles. The lowest BCUT2D eigenvalue weighted by molar-refractivity contribution is -0.392. The standard InChI is InChI=1S/C27H46N3O4P/c1-3-4-5-6-7-8-9-10-11-12-13-14-15-16-17-24(27(31)32)25-18-23(21-35-25)20-29-22(2)28-19-26(29)30(33)34/h10-11,19,23-25,35H,3-9,12-18,20-21H2,1-2H3,(H,31,32)/b11-10-. The van der Waals surface area contributed by atoms with Gasteiger partial charge >= 0.3 is 11.8 Å². The molecule has 0 radical (unpaired) electrons. The summed E-state index contributed by atoms with van der Waals surface area (Å²) >= 11 is 0. The molecular formula is C27H46N3O4P. The maximum Gasteiger partial charge on any atom is 0.342 e. The Kier molecular flexibility index (Phi) is 14.2. The third-order valence-electron chi connectivity index (χ3n) is 7.25. The lowest BCUT2D eigenvalue weighted by atomic mass is 9.92. The Morgan fingerprint density at radius 1 is 1.17 bits per heavy atom. The Labute approximate surface area is 213 Å². The van der Waals surface area contributed by atoms with E-state index in [4.69, 9.17) is 0 Å². The Morgan fingerprint density at radius 3 is 2.43 bits per heavy atom. The largest absolute Gasteiger partial charge is 0.481 e. The number of allylic oxidation sites excluding steroid dienone is 2. The van der Waals surface area contributed by atoms with Gasteiger partial charge < -0.3 is 15.2 Å². The number of carbonyl (C=O) groups is 1. The van der Waals surface area contributed by atoms with E-state index in [9.17, 15) is 20.0 Å². The van der Waals surface area contributed by atoms with Crippen LogP contribution in [-0.4, -0.2) is 37.4 Å². The zero-order chi connectivity index (χ0) is 25.5. The van der Waals surface area contributed by atoms with Crippen molar-refractivity contribution in [3.05, 3.63) is 34.3 Å². The Bertz CT molecular complexity index is 795. The van der Waals surface area contributed by atoms with Gasteiger partial charge in [-0.25, -0.2) is 9.55 Å². The van der Waals surface area contributed by atoms with E-state index >= 15 is 0 Å². The van der Waals surface area contributed by atoms with E-state index in [0.29, 0.717) is 20.9 Å². The van der Waals surface area contributed by atoms with Crippen LogP contribution in [0, 0.1) is 28.9 Å². The van der Waals surface area contributed by atoms with Gasteiger partial charge in [0.05, 0.1) is 12.5 Å². The number of rotatable bonds is 19. The zero-order valence-corrected chi connectivity index (χ0v) is 22.8. The van der Waals surface area contributed by atoms with Crippen molar-refractivity contribution in [3.8, 4) is 0 Å². The second-order valence-corrected chi connectivity index (χ2v) is 11.7. The first kappa shape index (κ1) is 29.5. The topological polar surface area (TPSA) is 98.3 Å². The molecule has 1 aliphatic rings. The second kappa shape index (κ2) is 16.8. The van der Waals surface area contributed by atoms with Crippen LogP contribution in [0.4, 0.5) is 5.82 Å². The minimum atomic E-state index is -0.675. The molecule has 0 aromatic carbocycles. The highest BCUT2D eigenvalue weighted by molar-refractivity contribution is 7.39. The molecule has 0 spiro atoms. The highest BCUT2D eigenvalue weighted by Gasteiger charge is 2.36. The van der Waals surface area contributed by atoms with Crippen molar-refractivity contribution in [2.45, 2.75) is 116 Å². The van der Waals surface area contributed by atoms with E-state index < -0.39 is 5.97 Å². The summed E-state index contributed by atoms with van der Waals surface area (Å²) in [6.45, 7) is 4.60. The second-order valence-electron chi connectivity index (χ2n) is 10.1. The molecule has 0 amide bonds. The Balaban J connectivity index is 1.60. The zero-order valence-electron chi connectivity index (χ0n) is 21.8. The van der Waals surface area contributed by atoms with E-state index in [1.165, 1.54) is 57.6 Å². The van der Waals surface area contributed by atoms with Gasteiger partial charge in [0.1, 0.15) is 6.20 Å². The summed E-state index contributed by atoms with van der Waals surface area (Å²) in [5, 5.41) is 21.1. The summed E-state index contributed by atoms with van der Waals surface area (Å²) in [6.07, 6.45) is 23.3. The number of nitrogens with zero attached hydrogens (tertiary/aromatic N) is 3. The number of carboxylic acids is 1. The van der Waals surface area contributed by atoms with Crippen LogP contribution >= 0.6 is 8.58 Å². The van der Waals surface area contributed by atoms with Crippen molar-refractivity contribution in [2.75, 3.05) is 6.16 Å². The number of aromatic nitrogens is 2. The summed E-state index contributed by atoms with van der Waals surface area (Å²) in [6, 6.07) is 0.